The predicted molar refractivity (Wildman–Crippen MR) is 104 cm³/mol. The van der Waals surface area contributed by atoms with E-state index in [2.05, 4.69) is 34.3 Å². The Bertz CT molecular complexity index is 449. The van der Waals surface area contributed by atoms with Gasteiger partial charge < -0.3 is 15.5 Å². The lowest BCUT2D eigenvalue weighted by atomic mass is 9.89. The standard InChI is InChI=1S/C19H37N5O/c1-5-20-18(21-15-19(4)8-6-7-9-19)24-12-10-23(11-13-24)14-17(25)22-16(2)3/h16H,5-15H2,1-4H3,(H,20,21)(H,22,25). The smallest absolute Gasteiger partial charge is 0.234 e. The van der Waals surface area contributed by atoms with Gasteiger partial charge in [0.15, 0.2) is 5.96 Å². The summed E-state index contributed by atoms with van der Waals surface area (Å²) < 4.78 is 0. The first-order valence-electron chi connectivity index (χ1n) is 9.97. The van der Waals surface area contributed by atoms with Crippen molar-refractivity contribution >= 4 is 11.9 Å². The highest BCUT2D eigenvalue weighted by molar-refractivity contribution is 5.80. The van der Waals surface area contributed by atoms with E-state index in [1.807, 2.05) is 13.8 Å². The summed E-state index contributed by atoms with van der Waals surface area (Å²) in [6, 6.07) is 0.207. The van der Waals surface area contributed by atoms with E-state index in [9.17, 15) is 4.79 Å². The number of guanidine groups is 1. The Balaban J connectivity index is 1.84. The van der Waals surface area contributed by atoms with Gasteiger partial charge in [-0.1, -0.05) is 19.8 Å². The Labute approximate surface area is 153 Å². The fraction of sp³-hybridized carbons (Fsp3) is 0.895. The molecule has 1 aliphatic carbocycles. The largest absolute Gasteiger partial charge is 0.357 e. The highest BCUT2D eigenvalue weighted by Gasteiger charge is 2.29. The van der Waals surface area contributed by atoms with Gasteiger partial charge in [-0.2, -0.15) is 0 Å². The van der Waals surface area contributed by atoms with Crippen molar-refractivity contribution < 1.29 is 4.79 Å². The quantitative estimate of drug-likeness (QED) is 0.565. The number of hydrogen-bond acceptors (Lipinski definition) is 3. The second-order valence-electron chi connectivity index (χ2n) is 8.17. The summed E-state index contributed by atoms with van der Waals surface area (Å²) in [5, 5.41) is 6.42. The third-order valence-electron chi connectivity index (χ3n) is 5.24. The zero-order chi connectivity index (χ0) is 18.3. The van der Waals surface area contributed by atoms with Gasteiger partial charge in [0.05, 0.1) is 6.54 Å². The third-order valence-corrected chi connectivity index (χ3v) is 5.24. The summed E-state index contributed by atoms with van der Waals surface area (Å²) in [6.45, 7) is 14.5. The van der Waals surface area contributed by atoms with Crippen LogP contribution in [0.5, 0.6) is 0 Å². The number of rotatable bonds is 6. The van der Waals surface area contributed by atoms with Gasteiger partial charge in [-0.05, 0) is 39.0 Å². The van der Waals surface area contributed by atoms with E-state index in [1.54, 1.807) is 0 Å². The number of piperazine rings is 1. The third kappa shape index (κ3) is 6.49. The molecule has 1 amide bonds. The number of amides is 1. The van der Waals surface area contributed by atoms with Gasteiger partial charge >= 0.3 is 0 Å². The fourth-order valence-electron chi connectivity index (χ4n) is 3.77. The molecule has 2 N–H and O–H groups in total. The lowest BCUT2D eigenvalue weighted by Crippen LogP contribution is -2.54. The maximum absolute atomic E-state index is 11.9. The van der Waals surface area contributed by atoms with E-state index in [-0.39, 0.29) is 11.9 Å². The van der Waals surface area contributed by atoms with Gasteiger partial charge in [0.1, 0.15) is 0 Å². The molecule has 2 fully saturated rings. The minimum Gasteiger partial charge on any atom is -0.357 e. The molecule has 1 aliphatic heterocycles. The molecule has 0 aromatic rings. The Morgan fingerprint density at radius 1 is 1.16 bits per heavy atom. The predicted octanol–water partition coefficient (Wildman–Crippen LogP) is 1.67. The Hall–Kier alpha value is -1.30. The van der Waals surface area contributed by atoms with Crippen molar-refractivity contribution in [2.24, 2.45) is 10.4 Å². The van der Waals surface area contributed by atoms with Crippen LogP contribution >= 0.6 is 0 Å². The molecule has 0 radical (unpaired) electrons. The van der Waals surface area contributed by atoms with Crippen molar-refractivity contribution in [1.82, 2.24) is 20.4 Å². The van der Waals surface area contributed by atoms with Crippen LogP contribution in [0.25, 0.3) is 0 Å². The van der Waals surface area contributed by atoms with Crippen LogP contribution in [0.3, 0.4) is 0 Å². The number of carbonyl (C=O) groups excluding carboxylic acids is 1. The molecule has 1 heterocycles. The van der Waals surface area contributed by atoms with Crippen LogP contribution in [0.1, 0.15) is 53.4 Å². The SMILES string of the molecule is CCNC(=NCC1(C)CCCC1)N1CCN(CC(=O)NC(C)C)CC1. The van der Waals surface area contributed by atoms with Crippen molar-refractivity contribution in [3.63, 3.8) is 0 Å². The van der Waals surface area contributed by atoms with Crippen molar-refractivity contribution in [1.29, 1.82) is 0 Å². The van der Waals surface area contributed by atoms with Crippen molar-refractivity contribution in [2.75, 3.05) is 45.8 Å². The van der Waals surface area contributed by atoms with E-state index in [4.69, 9.17) is 4.99 Å². The summed E-state index contributed by atoms with van der Waals surface area (Å²) in [5.41, 5.74) is 0.386. The van der Waals surface area contributed by atoms with Gasteiger partial charge in [-0.25, -0.2) is 0 Å². The fourth-order valence-corrected chi connectivity index (χ4v) is 3.77. The van der Waals surface area contributed by atoms with E-state index in [0.717, 1.165) is 45.2 Å². The molecule has 6 heteroatoms. The molecule has 144 valence electrons. The first kappa shape index (κ1) is 20.0. The van der Waals surface area contributed by atoms with Gasteiger partial charge in [0, 0.05) is 45.3 Å². The van der Waals surface area contributed by atoms with Crippen molar-refractivity contribution in [3.8, 4) is 0 Å². The van der Waals surface area contributed by atoms with Crippen LogP contribution in [-0.2, 0) is 4.79 Å². The zero-order valence-electron chi connectivity index (χ0n) is 16.6. The highest BCUT2D eigenvalue weighted by atomic mass is 16.2. The minimum absolute atomic E-state index is 0.123. The van der Waals surface area contributed by atoms with Crippen LogP contribution in [0, 0.1) is 5.41 Å². The average molecular weight is 352 g/mol. The Morgan fingerprint density at radius 3 is 2.36 bits per heavy atom. The van der Waals surface area contributed by atoms with E-state index >= 15 is 0 Å². The topological polar surface area (TPSA) is 60.0 Å². The minimum atomic E-state index is 0.123. The van der Waals surface area contributed by atoms with Crippen LogP contribution < -0.4 is 10.6 Å². The van der Waals surface area contributed by atoms with Gasteiger partial charge in [0.2, 0.25) is 5.91 Å². The van der Waals surface area contributed by atoms with Crippen LogP contribution in [-0.4, -0.2) is 73.5 Å². The number of aliphatic imine (C=N–C) groups is 1. The van der Waals surface area contributed by atoms with Gasteiger partial charge in [-0.3, -0.25) is 14.7 Å². The van der Waals surface area contributed by atoms with Gasteiger partial charge in [-0.15, -0.1) is 0 Å². The normalized spacial score (nSPS) is 21.6. The molecule has 6 nitrogen and oxygen atoms in total. The number of hydrogen-bond donors (Lipinski definition) is 2. The summed E-state index contributed by atoms with van der Waals surface area (Å²) in [5.74, 6) is 1.17. The van der Waals surface area contributed by atoms with Crippen LogP contribution in [0.2, 0.25) is 0 Å². The molecule has 0 aromatic carbocycles. The average Bonchev–Trinajstić information content (AvgIpc) is 2.98. The number of nitrogens with zero attached hydrogens (tertiary/aromatic N) is 3. The summed E-state index contributed by atoms with van der Waals surface area (Å²) in [4.78, 5) is 21.5. The van der Waals surface area contributed by atoms with E-state index < -0.39 is 0 Å². The molecule has 1 saturated heterocycles. The molecule has 2 rings (SSSR count). The number of nitrogens with one attached hydrogen (secondary N) is 2. The maximum atomic E-state index is 11.9. The molecule has 25 heavy (non-hydrogen) atoms. The molecule has 0 bridgehead atoms. The van der Waals surface area contributed by atoms with E-state index in [0.29, 0.717) is 12.0 Å². The lowest BCUT2D eigenvalue weighted by molar-refractivity contribution is -0.123. The van der Waals surface area contributed by atoms with Crippen LogP contribution in [0.4, 0.5) is 0 Å². The molecule has 2 aliphatic rings. The maximum Gasteiger partial charge on any atom is 0.234 e. The second-order valence-corrected chi connectivity index (χ2v) is 8.17. The summed E-state index contributed by atoms with van der Waals surface area (Å²) >= 11 is 0. The molecular weight excluding hydrogens is 314 g/mol. The number of carbonyl (C=O) groups is 1. The first-order valence-corrected chi connectivity index (χ1v) is 9.97. The van der Waals surface area contributed by atoms with Crippen molar-refractivity contribution in [3.05, 3.63) is 0 Å². The Kier molecular flexibility index (Phi) is 7.54. The molecule has 0 aromatic heterocycles. The lowest BCUT2D eigenvalue weighted by Gasteiger charge is -2.36. The first-order chi connectivity index (χ1) is 11.9. The highest BCUT2D eigenvalue weighted by Crippen LogP contribution is 2.37. The molecule has 0 atom stereocenters. The Morgan fingerprint density at radius 2 is 1.80 bits per heavy atom. The van der Waals surface area contributed by atoms with Crippen molar-refractivity contribution in [2.45, 2.75) is 59.4 Å². The second kappa shape index (κ2) is 9.41. The zero-order valence-corrected chi connectivity index (χ0v) is 16.6. The summed E-state index contributed by atoms with van der Waals surface area (Å²) in [6.07, 6.45) is 5.29. The van der Waals surface area contributed by atoms with Crippen LogP contribution in [0.15, 0.2) is 4.99 Å². The molecule has 1 saturated carbocycles. The van der Waals surface area contributed by atoms with E-state index in [1.165, 1.54) is 25.7 Å². The van der Waals surface area contributed by atoms with Gasteiger partial charge in [0.25, 0.3) is 0 Å². The molecule has 0 unspecified atom stereocenters. The monoisotopic (exact) mass is 351 g/mol. The molecular formula is C19H37N5O. The molecule has 0 spiro atoms. The summed E-state index contributed by atoms with van der Waals surface area (Å²) in [7, 11) is 0.